The fourth-order valence-electron chi connectivity index (χ4n) is 3.29. The lowest BCUT2D eigenvalue weighted by Crippen LogP contribution is -2.17. The van der Waals surface area contributed by atoms with E-state index in [4.69, 9.17) is 4.42 Å². The van der Waals surface area contributed by atoms with Gasteiger partial charge in [-0.3, -0.25) is 4.79 Å². The third kappa shape index (κ3) is 6.09. The van der Waals surface area contributed by atoms with E-state index in [1.54, 1.807) is 0 Å². The van der Waals surface area contributed by atoms with E-state index in [-0.39, 0.29) is 17.0 Å². The molecule has 1 aromatic heterocycles. The number of carbonyl (C=O) groups excluding carboxylic acids is 1. The summed E-state index contributed by atoms with van der Waals surface area (Å²) in [6.45, 7) is 0. The van der Waals surface area contributed by atoms with Gasteiger partial charge in [-0.1, -0.05) is 72.4 Å². The van der Waals surface area contributed by atoms with Gasteiger partial charge in [0.1, 0.15) is 5.69 Å². The lowest BCUT2D eigenvalue weighted by Gasteiger charge is -2.14. The average Bonchev–Trinajstić information content (AvgIpc) is 3.27. The van der Waals surface area contributed by atoms with Crippen LogP contribution in [0, 0.1) is 0 Å². The molecule has 1 heterocycles. The van der Waals surface area contributed by atoms with Crippen molar-refractivity contribution in [1.82, 2.24) is 4.98 Å². The Morgan fingerprint density at radius 1 is 0.806 bits per heavy atom. The normalized spacial score (nSPS) is 11.9. The molecule has 0 unspecified atom stereocenters. The molecule has 4 rings (SSSR count). The molecule has 0 atom stereocenters. The Morgan fingerprint density at radius 3 is 1.86 bits per heavy atom. The quantitative estimate of drug-likeness (QED) is 0.208. The molecule has 36 heavy (non-hydrogen) atoms. The first-order chi connectivity index (χ1) is 17.0. The van der Waals surface area contributed by atoms with Gasteiger partial charge in [0.05, 0.1) is 16.9 Å². The monoisotopic (exact) mass is 522 g/mol. The van der Waals surface area contributed by atoms with Crippen molar-refractivity contribution in [2.45, 2.75) is 17.6 Å². The molecule has 0 saturated carbocycles. The summed E-state index contributed by atoms with van der Waals surface area (Å²) in [5.41, 5.74) is -1.63. The summed E-state index contributed by atoms with van der Waals surface area (Å²) in [6.07, 6.45) is -10.0. The molecule has 0 fully saturated rings. The second-order valence-electron chi connectivity index (χ2n) is 7.52. The molecule has 0 radical (unpaired) electrons. The first-order valence-corrected chi connectivity index (χ1v) is 11.3. The van der Waals surface area contributed by atoms with Crippen LogP contribution in [0.3, 0.4) is 0 Å². The van der Waals surface area contributed by atoms with Crippen molar-refractivity contribution in [2.75, 3.05) is 11.1 Å². The number of rotatable bonds is 6. The largest absolute Gasteiger partial charge is 0.431 e. The molecule has 4 nitrogen and oxygen atoms in total. The Morgan fingerprint density at radius 2 is 1.33 bits per heavy atom. The van der Waals surface area contributed by atoms with Crippen LogP contribution in [0.4, 0.5) is 32.0 Å². The van der Waals surface area contributed by atoms with Crippen molar-refractivity contribution in [2.24, 2.45) is 0 Å². The van der Waals surface area contributed by atoms with Crippen LogP contribution in [0.2, 0.25) is 0 Å². The van der Waals surface area contributed by atoms with E-state index in [1.807, 2.05) is 60.7 Å². The summed E-state index contributed by atoms with van der Waals surface area (Å²) < 4.78 is 84.2. The van der Waals surface area contributed by atoms with Gasteiger partial charge in [0.25, 0.3) is 5.22 Å². The number of carbonyl (C=O) groups is 1. The third-order valence-electron chi connectivity index (χ3n) is 4.89. The van der Waals surface area contributed by atoms with E-state index in [0.29, 0.717) is 23.6 Å². The van der Waals surface area contributed by atoms with E-state index >= 15 is 0 Å². The lowest BCUT2D eigenvalue weighted by molar-refractivity contribution is -0.143. The maximum atomic E-state index is 13.1. The summed E-state index contributed by atoms with van der Waals surface area (Å²) in [7, 11) is 0. The maximum absolute atomic E-state index is 13.1. The Kier molecular flexibility index (Phi) is 7.11. The van der Waals surface area contributed by atoms with Gasteiger partial charge in [-0.25, -0.2) is 4.98 Å². The highest BCUT2D eigenvalue weighted by atomic mass is 32.2. The van der Waals surface area contributed by atoms with Gasteiger partial charge in [-0.05, 0) is 18.2 Å². The standard InChI is InChI=1S/C25H16F6N2O2S/c26-24(27,28)17-11-18(25(29,30)31)13-19(12-17)32-20(34)14-36-23-33-21(15-7-3-1-4-8-15)22(35-23)16-9-5-2-6-10-16/h1-13H,14H2,(H,32,34). The zero-order valence-electron chi connectivity index (χ0n) is 18.2. The SMILES string of the molecule is O=C(CSc1nc(-c2ccccc2)c(-c2ccccc2)o1)Nc1cc(C(F)(F)F)cc(C(F)(F)F)c1. The zero-order chi connectivity index (χ0) is 25.9. The number of anilines is 1. The number of thioether (sulfide) groups is 1. The van der Waals surface area contributed by atoms with Crippen LogP contribution in [0.25, 0.3) is 22.6 Å². The number of aromatic nitrogens is 1. The molecule has 186 valence electrons. The van der Waals surface area contributed by atoms with Crippen molar-refractivity contribution < 1.29 is 35.6 Å². The number of alkyl halides is 6. The van der Waals surface area contributed by atoms with E-state index in [0.717, 1.165) is 22.9 Å². The lowest BCUT2D eigenvalue weighted by atomic mass is 10.1. The highest BCUT2D eigenvalue weighted by Gasteiger charge is 2.37. The highest BCUT2D eigenvalue weighted by molar-refractivity contribution is 7.99. The molecule has 0 aliphatic heterocycles. The fraction of sp³-hybridized carbons (Fsp3) is 0.120. The van der Waals surface area contributed by atoms with Crippen LogP contribution in [-0.2, 0) is 17.1 Å². The molecule has 1 amide bonds. The summed E-state index contributed by atoms with van der Waals surface area (Å²) in [5, 5.41) is 2.21. The Hall–Kier alpha value is -3.73. The van der Waals surface area contributed by atoms with E-state index in [2.05, 4.69) is 10.3 Å². The predicted molar refractivity (Wildman–Crippen MR) is 123 cm³/mol. The number of halogens is 6. The maximum Gasteiger partial charge on any atom is 0.416 e. The molecule has 0 spiro atoms. The molecule has 0 saturated heterocycles. The third-order valence-corrected chi connectivity index (χ3v) is 5.72. The van der Waals surface area contributed by atoms with Crippen molar-refractivity contribution in [3.8, 4) is 22.6 Å². The van der Waals surface area contributed by atoms with Gasteiger partial charge in [-0.15, -0.1) is 0 Å². The summed E-state index contributed by atoms with van der Waals surface area (Å²) >= 11 is 0.857. The molecule has 0 aliphatic carbocycles. The number of amides is 1. The number of nitrogens with zero attached hydrogens (tertiary/aromatic N) is 1. The van der Waals surface area contributed by atoms with Gasteiger partial charge < -0.3 is 9.73 Å². The van der Waals surface area contributed by atoms with Gasteiger partial charge in [0.2, 0.25) is 5.91 Å². The molecule has 4 aromatic rings. The fourth-order valence-corrected chi connectivity index (χ4v) is 3.92. The summed E-state index contributed by atoms with van der Waals surface area (Å²) in [6, 6.07) is 19.1. The molecular formula is C25H16F6N2O2S. The van der Waals surface area contributed by atoms with Crippen molar-refractivity contribution in [3.05, 3.63) is 90.0 Å². The van der Waals surface area contributed by atoms with Crippen LogP contribution in [0.1, 0.15) is 11.1 Å². The molecule has 11 heteroatoms. The number of hydrogen-bond donors (Lipinski definition) is 1. The molecular weight excluding hydrogens is 506 g/mol. The zero-order valence-corrected chi connectivity index (χ0v) is 19.0. The molecule has 1 N–H and O–H groups in total. The van der Waals surface area contributed by atoms with Crippen molar-refractivity contribution >= 4 is 23.4 Å². The number of benzene rings is 3. The van der Waals surface area contributed by atoms with Crippen LogP contribution < -0.4 is 5.32 Å². The van der Waals surface area contributed by atoms with Crippen LogP contribution in [-0.4, -0.2) is 16.6 Å². The minimum atomic E-state index is -5.02. The van der Waals surface area contributed by atoms with Crippen LogP contribution in [0.5, 0.6) is 0 Å². The smallest absolute Gasteiger partial charge is 0.416 e. The summed E-state index contributed by atoms with van der Waals surface area (Å²) in [5.74, 6) is -0.730. The second kappa shape index (κ2) is 10.1. The highest BCUT2D eigenvalue weighted by Crippen LogP contribution is 2.38. The van der Waals surface area contributed by atoms with Crippen molar-refractivity contribution in [3.63, 3.8) is 0 Å². The van der Waals surface area contributed by atoms with Gasteiger partial charge in [-0.2, -0.15) is 26.3 Å². The minimum absolute atomic E-state index is 0.00655. The van der Waals surface area contributed by atoms with Crippen LogP contribution >= 0.6 is 11.8 Å². The van der Waals surface area contributed by atoms with Gasteiger partial charge in [0.15, 0.2) is 5.76 Å². The molecule has 3 aromatic carbocycles. The Labute approximate surface area is 205 Å². The van der Waals surface area contributed by atoms with E-state index in [9.17, 15) is 31.1 Å². The van der Waals surface area contributed by atoms with Crippen LogP contribution in [0.15, 0.2) is 88.5 Å². The number of nitrogens with one attached hydrogen (secondary N) is 1. The van der Waals surface area contributed by atoms with Gasteiger partial charge >= 0.3 is 12.4 Å². The molecule has 0 bridgehead atoms. The van der Waals surface area contributed by atoms with Gasteiger partial charge in [0, 0.05) is 16.8 Å². The first kappa shape index (κ1) is 25.4. The predicted octanol–water partition coefficient (Wildman–Crippen LogP) is 7.78. The number of oxazole rings is 1. The topological polar surface area (TPSA) is 55.1 Å². The summed E-state index contributed by atoms with van der Waals surface area (Å²) in [4.78, 5) is 16.8. The Balaban J connectivity index is 1.54. The second-order valence-corrected chi connectivity index (χ2v) is 8.45. The number of hydrogen-bond acceptors (Lipinski definition) is 4. The Bertz CT molecular complexity index is 1260. The average molecular weight is 522 g/mol. The first-order valence-electron chi connectivity index (χ1n) is 10.3. The molecule has 0 aliphatic rings. The van der Waals surface area contributed by atoms with E-state index < -0.39 is 35.1 Å². The minimum Gasteiger partial charge on any atom is -0.431 e. The van der Waals surface area contributed by atoms with E-state index in [1.165, 1.54) is 0 Å². The van der Waals surface area contributed by atoms with Crippen molar-refractivity contribution in [1.29, 1.82) is 0 Å².